The lowest BCUT2D eigenvalue weighted by atomic mass is 10.1. The number of nitrogens with one attached hydrogen (secondary N) is 1. The predicted octanol–water partition coefficient (Wildman–Crippen LogP) is 3.52. The van der Waals surface area contributed by atoms with E-state index in [1.54, 1.807) is 18.2 Å². The molecule has 2 aromatic rings. The Morgan fingerprint density at radius 2 is 2.05 bits per heavy atom. The molecule has 108 valence electrons. The average Bonchev–Trinajstić information content (AvgIpc) is 2.72. The van der Waals surface area contributed by atoms with Gasteiger partial charge in [-0.2, -0.15) is 0 Å². The second-order valence-corrected chi connectivity index (χ2v) is 5.60. The van der Waals surface area contributed by atoms with E-state index < -0.39 is 6.04 Å². The molecule has 1 amide bonds. The Hall–Kier alpha value is -1.75. The summed E-state index contributed by atoms with van der Waals surface area (Å²) in [5.74, 6) is 0.248. The Bertz CT molecular complexity index is 719. The average molecular weight is 323 g/mol. The molecule has 3 N–H and O–H groups in total. The Morgan fingerprint density at radius 3 is 2.81 bits per heavy atom. The van der Waals surface area contributed by atoms with E-state index in [4.69, 9.17) is 33.7 Å². The molecule has 0 radical (unpaired) electrons. The number of anilines is 1. The van der Waals surface area contributed by atoms with Crippen LogP contribution < -0.4 is 15.8 Å². The molecule has 0 fully saturated rings. The number of amides is 1. The van der Waals surface area contributed by atoms with Crippen LogP contribution in [0.2, 0.25) is 10.0 Å². The van der Waals surface area contributed by atoms with Gasteiger partial charge >= 0.3 is 0 Å². The molecule has 1 aliphatic rings. The molecular weight excluding hydrogens is 311 g/mol. The van der Waals surface area contributed by atoms with Gasteiger partial charge in [-0.1, -0.05) is 35.3 Å². The zero-order valence-corrected chi connectivity index (χ0v) is 12.4. The van der Waals surface area contributed by atoms with Gasteiger partial charge in [0, 0.05) is 22.3 Å². The van der Waals surface area contributed by atoms with Crippen LogP contribution in [-0.4, -0.2) is 5.91 Å². The number of fused-ring (bicyclic) bond motifs is 1. The summed E-state index contributed by atoms with van der Waals surface area (Å²) in [6, 6.07) is 10.0. The minimum absolute atomic E-state index is 0.243. The van der Waals surface area contributed by atoms with Crippen LogP contribution in [0, 0.1) is 0 Å². The zero-order chi connectivity index (χ0) is 15.0. The third kappa shape index (κ3) is 2.83. The van der Waals surface area contributed by atoms with Crippen molar-refractivity contribution in [3.05, 3.63) is 57.6 Å². The first kappa shape index (κ1) is 14.2. The van der Waals surface area contributed by atoms with Crippen molar-refractivity contribution in [2.24, 2.45) is 5.73 Å². The Kier molecular flexibility index (Phi) is 3.76. The van der Waals surface area contributed by atoms with Crippen LogP contribution in [0.25, 0.3) is 0 Å². The van der Waals surface area contributed by atoms with Crippen molar-refractivity contribution in [3.63, 3.8) is 0 Å². The van der Waals surface area contributed by atoms with E-state index in [2.05, 4.69) is 5.32 Å². The fraction of sp³-hybridized carbons (Fsp3) is 0.133. The van der Waals surface area contributed by atoms with Crippen LogP contribution in [0.1, 0.15) is 17.2 Å². The minimum Gasteiger partial charge on any atom is -0.487 e. The van der Waals surface area contributed by atoms with E-state index in [0.717, 1.165) is 5.56 Å². The van der Waals surface area contributed by atoms with E-state index in [1.165, 1.54) is 0 Å². The molecule has 1 heterocycles. The second-order valence-electron chi connectivity index (χ2n) is 4.76. The summed E-state index contributed by atoms with van der Waals surface area (Å²) in [5.41, 5.74) is 8.01. The van der Waals surface area contributed by atoms with Crippen LogP contribution in [0.3, 0.4) is 0 Å². The number of rotatable bonds is 3. The van der Waals surface area contributed by atoms with E-state index in [1.807, 2.05) is 18.2 Å². The smallest absolute Gasteiger partial charge is 0.245 e. The lowest BCUT2D eigenvalue weighted by Crippen LogP contribution is -2.19. The number of carbonyl (C=O) groups is 1. The summed E-state index contributed by atoms with van der Waals surface area (Å²) < 4.78 is 5.69. The number of halogens is 2. The van der Waals surface area contributed by atoms with E-state index in [9.17, 15) is 4.79 Å². The number of benzene rings is 2. The minimum atomic E-state index is -0.681. The summed E-state index contributed by atoms with van der Waals surface area (Å²) in [6.07, 6.45) is 0. The maximum atomic E-state index is 11.5. The van der Waals surface area contributed by atoms with Crippen LogP contribution in [-0.2, 0) is 11.4 Å². The van der Waals surface area contributed by atoms with Crippen LogP contribution in [0.15, 0.2) is 36.4 Å². The van der Waals surface area contributed by atoms with Gasteiger partial charge in [0.2, 0.25) is 5.91 Å². The number of ether oxygens (including phenoxy) is 1. The number of hydrogen-bond donors (Lipinski definition) is 2. The van der Waals surface area contributed by atoms with Gasteiger partial charge in [0.1, 0.15) is 18.4 Å². The van der Waals surface area contributed by atoms with Gasteiger partial charge in [-0.3, -0.25) is 4.79 Å². The molecule has 1 atom stereocenters. The van der Waals surface area contributed by atoms with Gasteiger partial charge in [-0.05, 0) is 23.8 Å². The molecule has 0 spiro atoms. The maximum absolute atomic E-state index is 11.5. The summed E-state index contributed by atoms with van der Waals surface area (Å²) in [5, 5.41) is 3.77. The molecule has 0 bridgehead atoms. The highest BCUT2D eigenvalue weighted by Crippen LogP contribution is 2.37. The molecular formula is C15H12Cl2N2O2. The van der Waals surface area contributed by atoms with Gasteiger partial charge in [0.05, 0.1) is 5.02 Å². The van der Waals surface area contributed by atoms with Crippen molar-refractivity contribution in [1.29, 1.82) is 0 Å². The first-order valence-corrected chi connectivity index (χ1v) is 7.07. The molecule has 3 rings (SSSR count). The predicted molar refractivity (Wildman–Crippen MR) is 82.8 cm³/mol. The van der Waals surface area contributed by atoms with Crippen molar-refractivity contribution >= 4 is 34.8 Å². The molecule has 21 heavy (non-hydrogen) atoms. The summed E-state index contributed by atoms with van der Waals surface area (Å²) in [4.78, 5) is 11.5. The zero-order valence-electron chi connectivity index (χ0n) is 10.9. The lowest BCUT2D eigenvalue weighted by molar-refractivity contribution is -0.116. The van der Waals surface area contributed by atoms with Crippen LogP contribution in [0.5, 0.6) is 5.75 Å². The quantitative estimate of drug-likeness (QED) is 0.908. The van der Waals surface area contributed by atoms with Crippen LogP contribution >= 0.6 is 23.2 Å². The topological polar surface area (TPSA) is 64.4 Å². The molecule has 0 aromatic heterocycles. The van der Waals surface area contributed by atoms with Crippen LogP contribution in [0.4, 0.5) is 5.69 Å². The van der Waals surface area contributed by atoms with E-state index in [-0.39, 0.29) is 5.91 Å². The number of carbonyl (C=O) groups excluding carboxylic acids is 1. The molecule has 6 heteroatoms. The largest absolute Gasteiger partial charge is 0.487 e. The normalized spacial score (nSPS) is 16.5. The highest BCUT2D eigenvalue weighted by Gasteiger charge is 2.28. The maximum Gasteiger partial charge on any atom is 0.245 e. The Balaban J connectivity index is 1.81. The molecule has 0 saturated carbocycles. The molecule has 0 aliphatic carbocycles. The standard InChI is InChI=1S/C15H12Cl2N2O2/c16-9-3-1-2-8(4-9)7-21-13-6-12-10(5-11(13)17)14(18)15(20)19-12/h1-6,14H,7,18H2,(H,19,20). The molecule has 0 saturated heterocycles. The van der Waals surface area contributed by atoms with Crippen molar-refractivity contribution in [2.45, 2.75) is 12.6 Å². The fourth-order valence-electron chi connectivity index (χ4n) is 2.18. The monoisotopic (exact) mass is 322 g/mol. The summed E-state index contributed by atoms with van der Waals surface area (Å²) in [7, 11) is 0. The molecule has 2 aromatic carbocycles. The Morgan fingerprint density at radius 1 is 1.24 bits per heavy atom. The Labute approximate surface area is 131 Å². The van der Waals surface area contributed by atoms with Crippen molar-refractivity contribution in [3.8, 4) is 5.75 Å². The highest BCUT2D eigenvalue weighted by molar-refractivity contribution is 6.32. The summed E-state index contributed by atoms with van der Waals surface area (Å²) in [6.45, 7) is 0.332. The first-order chi connectivity index (χ1) is 10.0. The number of hydrogen-bond acceptors (Lipinski definition) is 3. The number of nitrogens with two attached hydrogens (primary N) is 1. The van der Waals surface area contributed by atoms with Gasteiger partial charge in [0.25, 0.3) is 0 Å². The molecule has 1 aliphatic heterocycles. The van der Waals surface area contributed by atoms with Gasteiger partial charge in [-0.25, -0.2) is 0 Å². The highest BCUT2D eigenvalue weighted by atomic mass is 35.5. The SMILES string of the molecule is NC1C(=O)Nc2cc(OCc3cccc(Cl)c3)c(Cl)cc21. The van der Waals surface area contributed by atoms with Crippen molar-refractivity contribution < 1.29 is 9.53 Å². The molecule has 4 nitrogen and oxygen atoms in total. The lowest BCUT2D eigenvalue weighted by Gasteiger charge is -2.11. The summed E-state index contributed by atoms with van der Waals surface area (Å²) >= 11 is 12.1. The van der Waals surface area contributed by atoms with Gasteiger partial charge < -0.3 is 15.8 Å². The third-order valence-electron chi connectivity index (χ3n) is 3.26. The van der Waals surface area contributed by atoms with Crippen molar-refractivity contribution in [2.75, 3.05) is 5.32 Å². The molecule has 1 unspecified atom stereocenters. The first-order valence-electron chi connectivity index (χ1n) is 6.32. The van der Waals surface area contributed by atoms with Gasteiger partial charge in [-0.15, -0.1) is 0 Å². The van der Waals surface area contributed by atoms with E-state index in [0.29, 0.717) is 33.7 Å². The van der Waals surface area contributed by atoms with E-state index >= 15 is 0 Å². The van der Waals surface area contributed by atoms with Gasteiger partial charge in [0.15, 0.2) is 0 Å². The second kappa shape index (κ2) is 5.56. The fourth-order valence-corrected chi connectivity index (χ4v) is 2.62. The third-order valence-corrected chi connectivity index (χ3v) is 3.79. The van der Waals surface area contributed by atoms with Crippen molar-refractivity contribution in [1.82, 2.24) is 0 Å².